The third-order valence-corrected chi connectivity index (χ3v) is 7.70. The number of rotatable bonds is 12. The number of nitrogens with zero attached hydrogens (tertiary/aromatic N) is 1. The highest BCUT2D eigenvalue weighted by molar-refractivity contribution is 5.95. The van der Waals surface area contributed by atoms with Crippen molar-refractivity contribution < 1.29 is 38.0 Å². The average Bonchev–Trinajstić information content (AvgIpc) is 3.00. The van der Waals surface area contributed by atoms with Crippen LogP contribution in [-0.2, 0) is 4.74 Å². The van der Waals surface area contributed by atoms with Gasteiger partial charge in [-0.15, -0.1) is 12.4 Å². The van der Waals surface area contributed by atoms with Gasteiger partial charge in [-0.2, -0.15) is 0 Å². The van der Waals surface area contributed by atoms with Crippen LogP contribution >= 0.6 is 12.4 Å². The van der Waals surface area contributed by atoms with E-state index in [1.54, 1.807) is 43.5 Å². The summed E-state index contributed by atoms with van der Waals surface area (Å²) in [7, 11) is 6.20. The van der Waals surface area contributed by atoms with E-state index in [-0.39, 0.29) is 53.5 Å². The number of likely N-dealkylation sites (tertiary alicyclic amines) is 1. The standard InChI is InChI=1S/C32H38F2N2O5.ClH.H2O/c1-38-28-18-23(19-29(39-2)31(28)41-4)32(37)35-27-15-17-36(20-30(27)40-3)16-5-6-26(21-7-11-24(33)12-8-21)22-9-13-25(34)14-10-22;;/h7-14,18-19,26-27,30H,5-6,15-17,20H2,1-4H3,(H,35,37);1H;1H2/t27-,30-;;/m1../s1. The smallest absolute Gasteiger partial charge is 0.251 e. The number of carbonyl (C=O) groups is 1. The molecule has 43 heavy (non-hydrogen) atoms. The van der Waals surface area contributed by atoms with Gasteiger partial charge in [0, 0.05) is 31.7 Å². The third kappa shape index (κ3) is 9.03. The van der Waals surface area contributed by atoms with Crippen molar-refractivity contribution in [2.24, 2.45) is 0 Å². The van der Waals surface area contributed by atoms with Crippen LogP contribution in [0.1, 0.15) is 46.7 Å². The van der Waals surface area contributed by atoms with E-state index in [2.05, 4.69) is 10.2 Å². The molecule has 0 bridgehead atoms. The van der Waals surface area contributed by atoms with Crippen LogP contribution in [0.5, 0.6) is 17.2 Å². The first-order chi connectivity index (χ1) is 19.9. The number of nitrogens with one attached hydrogen (secondary N) is 1. The minimum atomic E-state index is -0.280. The highest BCUT2D eigenvalue weighted by Gasteiger charge is 2.31. The van der Waals surface area contributed by atoms with Gasteiger partial charge in [0.15, 0.2) is 11.5 Å². The summed E-state index contributed by atoms with van der Waals surface area (Å²) in [6.07, 6.45) is 2.26. The maximum Gasteiger partial charge on any atom is 0.251 e. The van der Waals surface area contributed by atoms with Gasteiger partial charge in [0.1, 0.15) is 11.6 Å². The summed E-state index contributed by atoms with van der Waals surface area (Å²) < 4.78 is 49.1. The fourth-order valence-corrected chi connectivity index (χ4v) is 5.49. The monoisotopic (exact) mass is 622 g/mol. The van der Waals surface area contributed by atoms with Crippen LogP contribution in [0.3, 0.4) is 0 Å². The largest absolute Gasteiger partial charge is 0.493 e. The Hall–Kier alpha value is -3.44. The number of methoxy groups -OCH3 is 4. The highest BCUT2D eigenvalue weighted by Crippen LogP contribution is 2.38. The SMILES string of the molecule is COc1cc(C(=O)N[C@@H]2CCN(CCCC(c3ccc(F)cc3)c3ccc(F)cc3)C[C@H]2OC)cc(OC)c1OC.Cl.O. The minimum absolute atomic E-state index is 0. The van der Waals surface area contributed by atoms with Crippen molar-refractivity contribution >= 4 is 18.3 Å². The molecule has 1 aliphatic rings. The molecule has 0 aliphatic carbocycles. The van der Waals surface area contributed by atoms with E-state index in [1.165, 1.54) is 45.6 Å². The van der Waals surface area contributed by atoms with Crippen LogP contribution in [0.4, 0.5) is 8.78 Å². The van der Waals surface area contributed by atoms with E-state index in [0.29, 0.717) is 29.4 Å². The van der Waals surface area contributed by atoms with Crippen molar-refractivity contribution in [3.8, 4) is 17.2 Å². The molecule has 1 aliphatic heterocycles. The molecule has 8 nitrogen and oxygen atoms in total. The number of halogens is 3. The lowest BCUT2D eigenvalue weighted by Crippen LogP contribution is -2.54. The summed E-state index contributed by atoms with van der Waals surface area (Å²) in [5, 5.41) is 3.12. The average molecular weight is 623 g/mol. The predicted octanol–water partition coefficient (Wildman–Crippen LogP) is 5.02. The normalized spacial score (nSPS) is 16.5. The number of piperidine rings is 1. The second-order valence-electron chi connectivity index (χ2n) is 10.2. The Morgan fingerprint density at radius 3 is 1.91 bits per heavy atom. The van der Waals surface area contributed by atoms with Crippen LogP contribution < -0.4 is 19.5 Å². The van der Waals surface area contributed by atoms with Crippen molar-refractivity contribution in [2.45, 2.75) is 37.3 Å². The molecule has 3 N–H and O–H groups in total. The van der Waals surface area contributed by atoms with Crippen molar-refractivity contribution in [3.05, 3.63) is 89.0 Å². The summed E-state index contributed by atoms with van der Waals surface area (Å²) in [6.45, 7) is 2.32. The fraction of sp³-hybridized carbons (Fsp3) is 0.406. The first-order valence-corrected chi connectivity index (χ1v) is 13.7. The van der Waals surface area contributed by atoms with Crippen LogP contribution in [0, 0.1) is 11.6 Å². The number of carbonyl (C=O) groups excluding carboxylic acids is 1. The molecule has 0 spiro atoms. The van der Waals surface area contributed by atoms with Gasteiger partial charge in [-0.25, -0.2) is 8.78 Å². The number of hydrogen-bond acceptors (Lipinski definition) is 6. The zero-order valence-electron chi connectivity index (χ0n) is 24.9. The van der Waals surface area contributed by atoms with Gasteiger partial charge in [0.25, 0.3) is 5.91 Å². The first-order valence-electron chi connectivity index (χ1n) is 13.7. The molecule has 236 valence electrons. The Kier molecular flexibility index (Phi) is 14.1. The molecule has 3 aromatic rings. The van der Waals surface area contributed by atoms with Crippen LogP contribution in [-0.4, -0.2) is 76.5 Å². The molecular weight excluding hydrogens is 582 g/mol. The van der Waals surface area contributed by atoms with Crippen molar-refractivity contribution in [1.82, 2.24) is 10.2 Å². The molecule has 0 saturated carbocycles. The van der Waals surface area contributed by atoms with Crippen LogP contribution in [0.15, 0.2) is 60.7 Å². The molecule has 2 atom stereocenters. The lowest BCUT2D eigenvalue weighted by atomic mass is 9.87. The van der Waals surface area contributed by atoms with E-state index in [9.17, 15) is 13.6 Å². The molecule has 1 fully saturated rings. The number of benzene rings is 3. The fourth-order valence-electron chi connectivity index (χ4n) is 5.49. The molecule has 3 aromatic carbocycles. The number of ether oxygens (including phenoxy) is 4. The number of hydrogen-bond donors (Lipinski definition) is 1. The Morgan fingerprint density at radius 2 is 1.44 bits per heavy atom. The maximum absolute atomic E-state index is 13.6. The van der Waals surface area contributed by atoms with Crippen LogP contribution in [0.2, 0.25) is 0 Å². The minimum Gasteiger partial charge on any atom is -0.493 e. The molecule has 0 aromatic heterocycles. The molecular formula is C32H41ClF2N2O6. The summed E-state index contributed by atoms with van der Waals surface area (Å²) in [5.74, 6) is 0.478. The van der Waals surface area contributed by atoms with Gasteiger partial charge < -0.3 is 34.6 Å². The van der Waals surface area contributed by atoms with Gasteiger partial charge in [-0.05, 0) is 73.3 Å². The Bertz CT molecular complexity index is 1230. The molecule has 0 unspecified atom stereocenters. The summed E-state index contributed by atoms with van der Waals surface area (Å²) in [6, 6.07) is 16.2. The van der Waals surface area contributed by atoms with E-state index in [4.69, 9.17) is 18.9 Å². The third-order valence-electron chi connectivity index (χ3n) is 7.70. The van der Waals surface area contributed by atoms with Crippen molar-refractivity contribution in [2.75, 3.05) is 48.1 Å². The van der Waals surface area contributed by atoms with E-state index >= 15 is 0 Å². The topological polar surface area (TPSA) is 101 Å². The van der Waals surface area contributed by atoms with Gasteiger partial charge in [-0.3, -0.25) is 4.79 Å². The Balaban J connectivity index is 0.00000323. The zero-order valence-corrected chi connectivity index (χ0v) is 25.7. The highest BCUT2D eigenvalue weighted by atomic mass is 35.5. The maximum atomic E-state index is 13.6. The van der Waals surface area contributed by atoms with Gasteiger partial charge >= 0.3 is 0 Å². The van der Waals surface area contributed by atoms with Crippen molar-refractivity contribution in [3.63, 3.8) is 0 Å². The molecule has 11 heteroatoms. The molecule has 4 rings (SSSR count). The summed E-state index contributed by atoms with van der Waals surface area (Å²) in [5.41, 5.74) is 2.41. The molecule has 1 heterocycles. The quantitative estimate of drug-likeness (QED) is 0.305. The lowest BCUT2D eigenvalue weighted by Gasteiger charge is -2.38. The molecule has 0 radical (unpaired) electrons. The van der Waals surface area contributed by atoms with Gasteiger partial charge in [-0.1, -0.05) is 24.3 Å². The van der Waals surface area contributed by atoms with Gasteiger partial charge in [0.2, 0.25) is 5.75 Å². The Morgan fingerprint density at radius 1 is 0.907 bits per heavy atom. The lowest BCUT2D eigenvalue weighted by molar-refractivity contribution is 0.00596. The van der Waals surface area contributed by atoms with E-state index in [0.717, 1.165) is 43.5 Å². The van der Waals surface area contributed by atoms with E-state index < -0.39 is 0 Å². The predicted molar refractivity (Wildman–Crippen MR) is 164 cm³/mol. The second-order valence-corrected chi connectivity index (χ2v) is 10.2. The first kappa shape index (κ1) is 35.8. The molecule has 1 saturated heterocycles. The number of amides is 1. The summed E-state index contributed by atoms with van der Waals surface area (Å²) >= 11 is 0. The van der Waals surface area contributed by atoms with Crippen molar-refractivity contribution in [1.29, 1.82) is 0 Å². The molecule has 1 amide bonds. The zero-order chi connectivity index (χ0) is 29.4. The van der Waals surface area contributed by atoms with Gasteiger partial charge in [0.05, 0.1) is 33.5 Å². The Labute approximate surface area is 258 Å². The summed E-state index contributed by atoms with van der Waals surface area (Å²) in [4.78, 5) is 15.5. The second kappa shape index (κ2) is 17.0. The van der Waals surface area contributed by atoms with E-state index in [1.807, 2.05) is 0 Å². The van der Waals surface area contributed by atoms with Crippen LogP contribution in [0.25, 0.3) is 0 Å².